The zero-order chi connectivity index (χ0) is 13.1. The Labute approximate surface area is 107 Å². The van der Waals surface area contributed by atoms with Gasteiger partial charge in [0.15, 0.2) is 0 Å². The lowest BCUT2D eigenvalue weighted by Gasteiger charge is -2.29. The van der Waals surface area contributed by atoms with Crippen LogP contribution in [0.1, 0.15) is 39.0 Å². The Morgan fingerprint density at radius 2 is 1.94 bits per heavy atom. The van der Waals surface area contributed by atoms with Crippen molar-refractivity contribution in [1.82, 2.24) is 10.6 Å². The molecule has 0 saturated heterocycles. The zero-order valence-electron chi connectivity index (χ0n) is 10.8. The number of carbonyl (C=O) groups is 2. The summed E-state index contributed by atoms with van der Waals surface area (Å²) < 4.78 is 0. The molecule has 0 aliphatic heterocycles. The number of hydrogen-bond acceptors (Lipinski definition) is 2. The molecule has 0 bridgehead atoms. The van der Waals surface area contributed by atoms with Gasteiger partial charge in [0.2, 0.25) is 0 Å². The van der Waals surface area contributed by atoms with Gasteiger partial charge in [0, 0.05) is 12.6 Å². The van der Waals surface area contributed by atoms with Crippen LogP contribution in [0.15, 0.2) is 0 Å². The predicted octanol–water partition coefficient (Wildman–Crippen LogP) is 1.58. The fourth-order valence-electron chi connectivity index (χ4n) is 2.73. The van der Waals surface area contributed by atoms with Gasteiger partial charge in [-0.25, -0.2) is 4.79 Å². The Hall–Kier alpha value is -1.26. The minimum Gasteiger partial charge on any atom is -0.481 e. The van der Waals surface area contributed by atoms with Gasteiger partial charge >= 0.3 is 12.0 Å². The molecule has 4 unspecified atom stereocenters. The molecular weight excluding hydrogens is 232 g/mol. The Kier molecular flexibility index (Phi) is 4.09. The van der Waals surface area contributed by atoms with Crippen molar-refractivity contribution in [3.05, 3.63) is 0 Å². The number of aliphatic carboxylic acids is 1. The van der Waals surface area contributed by atoms with E-state index in [2.05, 4.69) is 17.6 Å². The van der Waals surface area contributed by atoms with Crippen molar-refractivity contribution < 1.29 is 14.7 Å². The molecule has 0 aromatic carbocycles. The third-order valence-electron chi connectivity index (χ3n) is 4.20. The molecule has 0 aromatic heterocycles. The van der Waals surface area contributed by atoms with Crippen molar-refractivity contribution in [2.75, 3.05) is 6.54 Å². The summed E-state index contributed by atoms with van der Waals surface area (Å²) in [6.45, 7) is 2.88. The molecular formula is C13H22N2O3. The van der Waals surface area contributed by atoms with E-state index in [1.54, 1.807) is 0 Å². The smallest absolute Gasteiger partial charge is 0.315 e. The van der Waals surface area contributed by atoms with Crippen LogP contribution in [-0.2, 0) is 4.79 Å². The summed E-state index contributed by atoms with van der Waals surface area (Å²) in [5.74, 6) is 0.101. The number of urea groups is 1. The van der Waals surface area contributed by atoms with E-state index in [0.29, 0.717) is 24.8 Å². The zero-order valence-corrected chi connectivity index (χ0v) is 10.8. The van der Waals surface area contributed by atoms with Gasteiger partial charge in [-0.15, -0.1) is 0 Å². The Balaban J connectivity index is 1.75. The highest BCUT2D eigenvalue weighted by atomic mass is 16.4. The highest BCUT2D eigenvalue weighted by molar-refractivity contribution is 5.76. The van der Waals surface area contributed by atoms with E-state index >= 15 is 0 Å². The third kappa shape index (κ3) is 3.37. The van der Waals surface area contributed by atoms with Crippen LogP contribution in [0.25, 0.3) is 0 Å². The normalized spacial score (nSPS) is 34.7. The van der Waals surface area contributed by atoms with Gasteiger partial charge in [0.05, 0.1) is 5.92 Å². The van der Waals surface area contributed by atoms with Crippen molar-refractivity contribution in [2.45, 2.75) is 45.1 Å². The molecule has 0 radical (unpaired) electrons. The lowest BCUT2D eigenvalue weighted by atomic mass is 9.84. The molecule has 2 saturated carbocycles. The highest BCUT2D eigenvalue weighted by Gasteiger charge is 2.34. The topological polar surface area (TPSA) is 78.4 Å². The number of amides is 2. The average Bonchev–Trinajstić information content (AvgIpc) is 3.03. The average molecular weight is 254 g/mol. The van der Waals surface area contributed by atoms with Gasteiger partial charge in [-0.2, -0.15) is 0 Å². The van der Waals surface area contributed by atoms with Gasteiger partial charge in [-0.05, 0) is 31.1 Å². The monoisotopic (exact) mass is 254 g/mol. The van der Waals surface area contributed by atoms with Gasteiger partial charge in [-0.3, -0.25) is 4.79 Å². The summed E-state index contributed by atoms with van der Waals surface area (Å²) in [5, 5.41) is 14.8. The van der Waals surface area contributed by atoms with E-state index < -0.39 is 11.9 Å². The quantitative estimate of drug-likeness (QED) is 0.712. The Morgan fingerprint density at radius 3 is 2.56 bits per heavy atom. The van der Waals surface area contributed by atoms with Crippen LogP contribution in [0.3, 0.4) is 0 Å². The minimum absolute atomic E-state index is 0.215. The van der Waals surface area contributed by atoms with E-state index in [1.807, 2.05) is 0 Å². The molecule has 2 aliphatic rings. The van der Waals surface area contributed by atoms with Crippen LogP contribution >= 0.6 is 0 Å². The molecule has 4 atom stereocenters. The number of carboxylic acids is 1. The first kappa shape index (κ1) is 13.2. The van der Waals surface area contributed by atoms with Crippen LogP contribution in [0.2, 0.25) is 0 Å². The second-order valence-corrected chi connectivity index (χ2v) is 5.66. The molecule has 0 heterocycles. The first-order chi connectivity index (χ1) is 8.58. The maximum atomic E-state index is 11.7. The maximum Gasteiger partial charge on any atom is 0.315 e. The van der Waals surface area contributed by atoms with Crippen molar-refractivity contribution in [1.29, 1.82) is 0 Å². The summed E-state index contributed by atoms with van der Waals surface area (Å²) in [6, 6.07) is -0.430. The van der Waals surface area contributed by atoms with Crippen LogP contribution in [0.4, 0.5) is 4.79 Å². The molecule has 3 N–H and O–H groups in total. The standard InChI is InChI=1S/C13H22N2O3/c1-8-6-9(8)7-14-13(18)15-11-5-3-2-4-10(11)12(16)17/h8-11H,2-7H2,1H3,(H,16,17)(H2,14,15,18). The molecule has 2 aliphatic carbocycles. The molecule has 102 valence electrons. The molecule has 2 fully saturated rings. The van der Waals surface area contributed by atoms with Crippen molar-refractivity contribution in [3.63, 3.8) is 0 Å². The minimum atomic E-state index is -0.796. The second-order valence-electron chi connectivity index (χ2n) is 5.66. The fraction of sp³-hybridized carbons (Fsp3) is 0.846. The molecule has 18 heavy (non-hydrogen) atoms. The summed E-state index contributed by atoms with van der Waals surface area (Å²) in [6.07, 6.45) is 4.55. The highest BCUT2D eigenvalue weighted by Crippen LogP contribution is 2.36. The number of rotatable bonds is 4. The van der Waals surface area contributed by atoms with Crippen molar-refractivity contribution in [2.24, 2.45) is 17.8 Å². The largest absolute Gasteiger partial charge is 0.481 e. The summed E-state index contributed by atoms with van der Waals surface area (Å²) in [7, 11) is 0. The Morgan fingerprint density at radius 1 is 1.28 bits per heavy atom. The number of carbonyl (C=O) groups excluding carboxylic acids is 1. The molecule has 0 spiro atoms. The number of carboxylic acid groups (broad SMARTS) is 1. The molecule has 0 aromatic rings. The number of hydrogen-bond donors (Lipinski definition) is 3. The van der Waals surface area contributed by atoms with Gasteiger partial charge in [0.1, 0.15) is 0 Å². The van der Waals surface area contributed by atoms with Gasteiger partial charge in [-0.1, -0.05) is 19.8 Å². The van der Waals surface area contributed by atoms with Crippen LogP contribution in [-0.4, -0.2) is 29.7 Å². The molecule has 5 nitrogen and oxygen atoms in total. The molecule has 5 heteroatoms. The Bertz CT molecular complexity index is 332. The van der Waals surface area contributed by atoms with Gasteiger partial charge in [0.25, 0.3) is 0 Å². The van der Waals surface area contributed by atoms with E-state index in [0.717, 1.165) is 19.3 Å². The second kappa shape index (κ2) is 5.59. The van der Waals surface area contributed by atoms with Crippen LogP contribution < -0.4 is 10.6 Å². The molecule has 2 amide bonds. The lowest BCUT2D eigenvalue weighted by Crippen LogP contribution is -2.49. The summed E-state index contributed by atoms with van der Waals surface area (Å²) >= 11 is 0. The van der Waals surface area contributed by atoms with E-state index in [-0.39, 0.29) is 12.1 Å². The van der Waals surface area contributed by atoms with E-state index in [1.165, 1.54) is 6.42 Å². The predicted molar refractivity (Wildman–Crippen MR) is 67.2 cm³/mol. The molecule has 2 rings (SSSR count). The van der Waals surface area contributed by atoms with E-state index in [9.17, 15) is 9.59 Å². The maximum absolute atomic E-state index is 11.7. The number of nitrogens with one attached hydrogen (secondary N) is 2. The third-order valence-corrected chi connectivity index (χ3v) is 4.20. The van der Waals surface area contributed by atoms with E-state index in [4.69, 9.17) is 5.11 Å². The fourth-order valence-corrected chi connectivity index (χ4v) is 2.73. The first-order valence-electron chi connectivity index (χ1n) is 6.85. The van der Waals surface area contributed by atoms with Gasteiger partial charge < -0.3 is 15.7 Å². The van der Waals surface area contributed by atoms with Crippen molar-refractivity contribution in [3.8, 4) is 0 Å². The van der Waals surface area contributed by atoms with Crippen molar-refractivity contribution >= 4 is 12.0 Å². The first-order valence-corrected chi connectivity index (χ1v) is 6.85. The van der Waals surface area contributed by atoms with Crippen LogP contribution in [0, 0.1) is 17.8 Å². The SMILES string of the molecule is CC1CC1CNC(=O)NC1CCCCC1C(=O)O. The summed E-state index contributed by atoms with van der Waals surface area (Å²) in [4.78, 5) is 22.8. The summed E-state index contributed by atoms with van der Waals surface area (Å²) in [5.41, 5.74) is 0. The van der Waals surface area contributed by atoms with Crippen LogP contribution in [0.5, 0.6) is 0 Å². The lowest BCUT2D eigenvalue weighted by molar-refractivity contribution is -0.143.